The van der Waals surface area contributed by atoms with Gasteiger partial charge in [0.1, 0.15) is 5.78 Å². The van der Waals surface area contributed by atoms with Crippen molar-refractivity contribution < 1.29 is 9.90 Å². The number of ketones is 1. The highest BCUT2D eigenvalue weighted by atomic mass is 16.3. The van der Waals surface area contributed by atoms with Gasteiger partial charge in [0.2, 0.25) is 0 Å². The lowest BCUT2D eigenvalue weighted by atomic mass is 9.43. The Bertz CT molecular complexity index is 630. The number of aliphatic hydroxyl groups is 1. The highest BCUT2D eigenvalue weighted by Gasteiger charge is 2.64. The standard InChI is InChI=1S/C24H40N2O2/c1-23-10-9-18-16(17(23)7-8-22(23)28)15-20(27)19-5-4-6-21(24(18,19)2)26-13-11-25(3)12-14-26/h16-21,27H,4-15H2,1-3H3/t16-,17-,18+,19?,20?,21?,23-,24+/m0/s1. The molecule has 1 N–H and O–H groups in total. The third-order valence-electron chi connectivity index (χ3n) is 10.4. The lowest BCUT2D eigenvalue weighted by Crippen LogP contribution is -2.66. The van der Waals surface area contributed by atoms with E-state index in [1.54, 1.807) is 0 Å². The van der Waals surface area contributed by atoms with Crippen LogP contribution in [-0.2, 0) is 4.79 Å². The molecular weight excluding hydrogens is 348 g/mol. The molecule has 158 valence electrons. The Hall–Kier alpha value is -0.450. The van der Waals surface area contributed by atoms with E-state index >= 15 is 0 Å². The molecule has 1 saturated heterocycles. The van der Waals surface area contributed by atoms with E-state index in [-0.39, 0.29) is 16.9 Å². The number of piperazine rings is 1. The largest absolute Gasteiger partial charge is 0.393 e. The molecule has 0 radical (unpaired) electrons. The number of nitrogens with zero attached hydrogens (tertiary/aromatic N) is 2. The maximum Gasteiger partial charge on any atom is 0.139 e. The van der Waals surface area contributed by atoms with Gasteiger partial charge in [-0.1, -0.05) is 20.3 Å². The molecule has 5 rings (SSSR count). The number of hydrogen-bond acceptors (Lipinski definition) is 4. The molecule has 28 heavy (non-hydrogen) atoms. The quantitative estimate of drug-likeness (QED) is 0.749. The van der Waals surface area contributed by atoms with E-state index in [4.69, 9.17) is 0 Å². The number of hydrogen-bond donors (Lipinski definition) is 1. The van der Waals surface area contributed by atoms with Gasteiger partial charge in [0, 0.05) is 44.1 Å². The Morgan fingerprint density at radius 2 is 1.71 bits per heavy atom. The van der Waals surface area contributed by atoms with Gasteiger partial charge in [0.25, 0.3) is 0 Å². The summed E-state index contributed by atoms with van der Waals surface area (Å²) >= 11 is 0. The fraction of sp³-hybridized carbons (Fsp3) is 0.958. The predicted octanol–water partition coefficient (Wildman–Crippen LogP) is 3.19. The molecule has 5 aliphatic rings. The number of fused-ring (bicyclic) bond motifs is 5. The highest BCUT2D eigenvalue weighted by Crippen LogP contribution is 2.66. The van der Waals surface area contributed by atoms with Crippen molar-refractivity contribution in [3.8, 4) is 0 Å². The second-order valence-electron chi connectivity index (χ2n) is 11.4. The summed E-state index contributed by atoms with van der Waals surface area (Å²) in [5.74, 6) is 2.72. The van der Waals surface area contributed by atoms with Crippen LogP contribution in [0.15, 0.2) is 0 Å². The van der Waals surface area contributed by atoms with Crippen LogP contribution in [0.2, 0.25) is 0 Å². The van der Waals surface area contributed by atoms with E-state index in [2.05, 4.69) is 30.7 Å². The minimum atomic E-state index is -0.167. The summed E-state index contributed by atoms with van der Waals surface area (Å²) < 4.78 is 0. The zero-order valence-corrected chi connectivity index (χ0v) is 18.2. The highest BCUT2D eigenvalue weighted by molar-refractivity contribution is 5.87. The van der Waals surface area contributed by atoms with Crippen LogP contribution in [0.4, 0.5) is 0 Å². The maximum atomic E-state index is 12.7. The molecule has 4 heteroatoms. The molecule has 4 nitrogen and oxygen atoms in total. The Balaban J connectivity index is 1.49. The smallest absolute Gasteiger partial charge is 0.139 e. The zero-order valence-electron chi connectivity index (χ0n) is 18.2. The first-order valence-electron chi connectivity index (χ1n) is 12.0. The van der Waals surface area contributed by atoms with Gasteiger partial charge in [-0.3, -0.25) is 9.69 Å². The van der Waals surface area contributed by atoms with Gasteiger partial charge in [0.05, 0.1) is 6.10 Å². The van der Waals surface area contributed by atoms with Crippen LogP contribution < -0.4 is 0 Å². The van der Waals surface area contributed by atoms with Crippen LogP contribution in [0.3, 0.4) is 0 Å². The van der Waals surface area contributed by atoms with E-state index in [1.165, 1.54) is 51.9 Å². The summed E-state index contributed by atoms with van der Waals surface area (Å²) in [6, 6.07) is 0.615. The van der Waals surface area contributed by atoms with Crippen LogP contribution in [0.1, 0.15) is 65.2 Å². The molecule has 5 fully saturated rings. The molecule has 0 spiro atoms. The van der Waals surface area contributed by atoms with Crippen molar-refractivity contribution in [1.29, 1.82) is 0 Å². The number of aliphatic hydroxyl groups excluding tert-OH is 1. The van der Waals surface area contributed by atoms with Crippen LogP contribution >= 0.6 is 0 Å². The summed E-state index contributed by atoms with van der Waals surface area (Å²) in [4.78, 5) is 18.0. The van der Waals surface area contributed by atoms with Crippen molar-refractivity contribution in [2.45, 2.75) is 77.4 Å². The molecular formula is C24H40N2O2. The van der Waals surface area contributed by atoms with Crippen LogP contribution in [-0.4, -0.2) is 66.1 Å². The molecule has 0 aromatic rings. The molecule has 0 amide bonds. The molecule has 0 aromatic heterocycles. The number of rotatable bonds is 1. The number of Topliss-reactive ketones (excluding diaryl/α,β-unsaturated/α-hetero) is 1. The van der Waals surface area contributed by atoms with Crippen molar-refractivity contribution >= 4 is 5.78 Å². The van der Waals surface area contributed by atoms with Crippen molar-refractivity contribution in [3.63, 3.8) is 0 Å². The average molecular weight is 389 g/mol. The lowest BCUT2D eigenvalue weighted by molar-refractivity contribution is -0.186. The first kappa shape index (κ1) is 19.5. The molecule has 0 bridgehead atoms. The van der Waals surface area contributed by atoms with E-state index in [0.717, 1.165) is 25.7 Å². The molecule has 8 atom stereocenters. The summed E-state index contributed by atoms with van der Waals surface area (Å²) in [6.45, 7) is 9.50. The van der Waals surface area contributed by atoms with Crippen LogP contribution in [0.5, 0.6) is 0 Å². The second-order valence-corrected chi connectivity index (χ2v) is 11.4. The summed E-state index contributed by atoms with van der Waals surface area (Å²) in [5, 5.41) is 11.3. The zero-order chi connectivity index (χ0) is 19.7. The summed E-state index contributed by atoms with van der Waals surface area (Å²) in [5.41, 5.74) is 0.117. The fourth-order valence-corrected chi connectivity index (χ4v) is 8.84. The van der Waals surface area contributed by atoms with Gasteiger partial charge in [-0.25, -0.2) is 0 Å². The monoisotopic (exact) mass is 388 g/mol. The van der Waals surface area contributed by atoms with E-state index in [9.17, 15) is 9.90 Å². The third-order valence-corrected chi connectivity index (χ3v) is 10.4. The minimum absolute atomic E-state index is 0.0952. The third kappa shape index (κ3) is 2.63. The van der Waals surface area contributed by atoms with E-state index < -0.39 is 0 Å². The first-order valence-corrected chi connectivity index (χ1v) is 12.0. The molecule has 4 saturated carbocycles. The Kier molecular flexibility index (Phi) is 4.73. The molecule has 1 aliphatic heterocycles. The molecule has 4 aliphatic carbocycles. The van der Waals surface area contributed by atoms with Gasteiger partial charge < -0.3 is 10.0 Å². The Morgan fingerprint density at radius 1 is 0.964 bits per heavy atom. The lowest BCUT2D eigenvalue weighted by Gasteiger charge is -2.65. The summed E-state index contributed by atoms with van der Waals surface area (Å²) in [7, 11) is 2.24. The van der Waals surface area contributed by atoms with Crippen LogP contribution in [0.25, 0.3) is 0 Å². The number of carbonyl (C=O) groups excluding carboxylic acids is 1. The second kappa shape index (κ2) is 6.78. The van der Waals surface area contributed by atoms with Gasteiger partial charge in [-0.15, -0.1) is 0 Å². The van der Waals surface area contributed by atoms with Gasteiger partial charge in [-0.2, -0.15) is 0 Å². The average Bonchev–Trinajstić information content (AvgIpc) is 2.98. The molecule has 3 unspecified atom stereocenters. The SMILES string of the molecule is CN1CCN(C2CCCC3C(O)C[C@@H]4[C@@H](CC[C@]5(C)C(=O)CC[C@@H]45)[C@]32C)CC1. The van der Waals surface area contributed by atoms with Crippen molar-refractivity contribution in [1.82, 2.24) is 9.80 Å². The van der Waals surface area contributed by atoms with Gasteiger partial charge in [0.15, 0.2) is 0 Å². The van der Waals surface area contributed by atoms with Crippen LogP contribution in [0, 0.1) is 34.5 Å². The van der Waals surface area contributed by atoms with Gasteiger partial charge >= 0.3 is 0 Å². The summed E-state index contributed by atoms with van der Waals surface area (Å²) in [6.07, 6.45) is 8.70. The fourth-order valence-electron chi connectivity index (χ4n) is 8.84. The Morgan fingerprint density at radius 3 is 2.46 bits per heavy atom. The van der Waals surface area contributed by atoms with E-state index in [1.807, 2.05) is 0 Å². The van der Waals surface area contributed by atoms with Gasteiger partial charge in [-0.05, 0) is 74.7 Å². The Labute approximate surface area is 171 Å². The molecule has 0 aromatic carbocycles. The van der Waals surface area contributed by atoms with E-state index in [0.29, 0.717) is 35.5 Å². The number of likely N-dealkylation sites (N-methyl/N-ethyl adjacent to an activating group) is 1. The van der Waals surface area contributed by atoms with Crippen molar-refractivity contribution in [3.05, 3.63) is 0 Å². The number of carbonyl (C=O) groups is 1. The predicted molar refractivity (Wildman–Crippen MR) is 111 cm³/mol. The topological polar surface area (TPSA) is 43.8 Å². The normalized spacial score (nSPS) is 52.8. The maximum absolute atomic E-state index is 12.7. The van der Waals surface area contributed by atoms with Crippen molar-refractivity contribution in [2.24, 2.45) is 34.5 Å². The minimum Gasteiger partial charge on any atom is -0.393 e. The first-order chi connectivity index (χ1) is 13.4. The molecule has 1 heterocycles. The van der Waals surface area contributed by atoms with Crippen molar-refractivity contribution in [2.75, 3.05) is 33.2 Å².